The second-order valence-electron chi connectivity index (χ2n) is 4.83. The first kappa shape index (κ1) is 12.8. The van der Waals surface area contributed by atoms with Crippen LogP contribution in [0, 0.1) is 0 Å². The van der Waals surface area contributed by atoms with Crippen molar-refractivity contribution in [1.82, 2.24) is 14.5 Å². The molecule has 102 valence electrons. The molecule has 5 nitrogen and oxygen atoms in total. The maximum atomic E-state index is 12.4. The van der Waals surface area contributed by atoms with Crippen LogP contribution in [-0.4, -0.2) is 14.5 Å². The van der Waals surface area contributed by atoms with E-state index in [4.69, 9.17) is 0 Å². The average Bonchev–Trinajstić information content (AvgIpc) is 2.87. The van der Waals surface area contributed by atoms with Crippen molar-refractivity contribution in [1.29, 1.82) is 0 Å². The zero-order chi connectivity index (χ0) is 14.3. The molecule has 3 rings (SSSR count). The quantitative estimate of drug-likeness (QED) is 0.786. The molecule has 3 aromatic heterocycles. The number of aromatic amines is 1. The third-order valence-corrected chi connectivity index (χ3v) is 4.03. The normalized spacial score (nSPS) is 11.3. The summed E-state index contributed by atoms with van der Waals surface area (Å²) in [6, 6.07) is 5.32. The van der Waals surface area contributed by atoms with Gasteiger partial charge in [-0.25, -0.2) is 9.36 Å². The van der Waals surface area contributed by atoms with E-state index in [2.05, 4.69) is 9.97 Å². The number of pyridine rings is 1. The van der Waals surface area contributed by atoms with Gasteiger partial charge < -0.3 is 4.98 Å². The van der Waals surface area contributed by atoms with Crippen LogP contribution < -0.4 is 11.2 Å². The van der Waals surface area contributed by atoms with Gasteiger partial charge in [0.05, 0.1) is 17.4 Å². The second-order valence-corrected chi connectivity index (χ2v) is 5.75. The zero-order valence-corrected chi connectivity index (χ0v) is 11.9. The molecule has 6 heteroatoms. The first-order chi connectivity index (χ1) is 9.58. The minimum Gasteiger partial charge on any atom is -0.306 e. The lowest BCUT2D eigenvalue weighted by molar-refractivity contribution is 0.814. The lowest BCUT2D eigenvalue weighted by atomic mass is 10.1. The van der Waals surface area contributed by atoms with Gasteiger partial charge in [-0.3, -0.25) is 9.78 Å². The van der Waals surface area contributed by atoms with Crippen molar-refractivity contribution >= 4 is 21.6 Å². The molecule has 1 N–H and O–H groups in total. The van der Waals surface area contributed by atoms with Gasteiger partial charge in [0, 0.05) is 5.69 Å². The molecule has 0 fully saturated rings. The molecule has 0 spiro atoms. The maximum Gasteiger partial charge on any atom is 0.333 e. The summed E-state index contributed by atoms with van der Waals surface area (Å²) in [5, 5.41) is 1.78. The minimum absolute atomic E-state index is 0.304. The van der Waals surface area contributed by atoms with Crippen LogP contribution in [0.2, 0.25) is 0 Å². The van der Waals surface area contributed by atoms with Crippen LogP contribution in [0.25, 0.3) is 15.9 Å². The molecule has 0 saturated heterocycles. The van der Waals surface area contributed by atoms with Crippen molar-refractivity contribution in [2.75, 3.05) is 0 Å². The number of hydrogen-bond acceptors (Lipinski definition) is 4. The van der Waals surface area contributed by atoms with Crippen molar-refractivity contribution in [2.45, 2.75) is 19.8 Å². The molecule has 0 unspecified atom stereocenters. The predicted molar refractivity (Wildman–Crippen MR) is 79.9 cm³/mol. The van der Waals surface area contributed by atoms with Crippen LogP contribution in [0.1, 0.15) is 25.5 Å². The average molecular weight is 287 g/mol. The van der Waals surface area contributed by atoms with Crippen molar-refractivity contribution in [3.05, 3.63) is 56.3 Å². The highest BCUT2D eigenvalue weighted by molar-refractivity contribution is 7.17. The SMILES string of the molecule is CC(C)c1ccc(-n2c(=O)[nH]c3ccsc3c2=O)cn1. The largest absolute Gasteiger partial charge is 0.333 e. The molecule has 0 aliphatic heterocycles. The smallest absolute Gasteiger partial charge is 0.306 e. The second kappa shape index (κ2) is 4.72. The Morgan fingerprint density at radius 2 is 2.05 bits per heavy atom. The number of nitrogens with zero attached hydrogens (tertiary/aromatic N) is 2. The number of aromatic nitrogens is 3. The standard InChI is InChI=1S/C14H13N3O2S/c1-8(2)10-4-3-9(7-15-10)17-13(18)12-11(5-6-20-12)16-14(17)19/h3-8H,1-2H3,(H,16,19). The van der Waals surface area contributed by atoms with E-state index in [0.29, 0.717) is 21.8 Å². The number of H-pyrrole nitrogens is 1. The Balaban J connectivity index is 2.23. The van der Waals surface area contributed by atoms with E-state index < -0.39 is 5.69 Å². The van der Waals surface area contributed by atoms with Gasteiger partial charge in [-0.1, -0.05) is 13.8 Å². The first-order valence-electron chi connectivity index (χ1n) is 6.27. The summed E-state index contributed by atoms with van der Waals surface area (Å²) in [5.41, 5.74) is 1.23. The van der Waals surface area contributed by atoms with Gasteiger partial charge in [0.1, 0.15) is 4.70 Å². The predicted octanol–water partition coefficient (Wildman–Crippen LogP) is 2.26. The molecule has 0 amide bonds. The summed E-state index contributed by atoms with van der Waals surface area (Å²) in [6.07, 6.45) is 1.56. The number of fused-ring (bicyclic) bond motifs is 1. The number of thiophene rings is 1. The molecule has 0 radical (unpaired) electrons. The van der Waals surface area contributed by atoms with E-state index in [1.165, 1.54) is 11.3 Å². The van der Waals surface area contributed by atoms with Crippen LogP contribution in [0.3, 0.4) is 0 Å². The Labute approximate surface area is 118 Å². The number of nitrogens with one attached hydrogen (secondary N) is 1. The Kier molecular flexibility index (Phi) is 3.02. The van der Waals surface area contributed by atoms with Crippen molar-refractivity contribution in [3.8, 4) is 5.69 Å². The minimum atomic E-state index is -0.444. The van der Waals surface area contributed by atoms with E-state index in [0.717, 1.165) is 10.3 Å². The molecular weight excluding hydrogens is 274 g/mol. The highest BCUT2D eigenvalue weighted by Crippen LogP contribution is 2.15. The fraction of sp³-hybridized carbons (Fsp3) is 0.214. The molecule has 0 bridgehead atoms. The molecule has 0 aliphatic rings. The molecule has 20 heavy (non-hydrogen) atoms. The van der Waals surface area contributed by atoms with Crippen LogP contribution in [0.5, 0.6) is 0 Å². The zero-order valence-electron chi connectivity index (χ0n) is 11.1. The topological polar surface area (TPSA) is 67.8 Å². The first-order valence-corrected chi connectivity index (χ1v) is 7.15. The Morgan fingerprint density at radius 1 is 1.25 bits per heavy atom. The van der Waals surface area contributed by atoms with Gasteiger partial charge in [0.15, 0.2) is 0 Å². The van der Waals surface area contributed by atoms with Gasteiger partial charge in [0.25, 0.3) is 5.56 Å². The fourth-order valence-electron chi connectivity index (χ4n) is 2.04. The molecule has 0 saturated carbocycles. The third kappa shape index (κ3) is 1.98. The van der Waals surface area contributed by atoms with E-state index in [9.17, 15) is 9.59 Å². The molecule has 0 atom stereocenters. The van der Waals surface area contributed by atoms with E-state index >= 15 is 0 Å². The Bertz CT molecular complexity index is 872. The summed E-state index contributed by atoms with van der Waals surface area (Å²) in [4.78, 5) is 31.4. The van der Waals surface area contributed by atoms with Crippen LogP contribution >= 0.6 is 11.3 Å². The molecule has 3 heterocycles. The highest BCUT2D eigenvalue weighted by Gasteiger charge is 2.11. The van der Waals surface area contributed by atoms with Crippen molar-refractivity contribution in [3.63, 3.8) is 0 Å². The monoisotopic (exact) mass is 287 g/mol. The van der Waals surface area contributed by atoms with Crippen LogP contribution in [-0.2, 0) is 0 Å². The van der Waals surface area contributed by atoms with E-state index in [-0.39, 0.29) is 5.56 Å². The van der Waals surface area contributed by atoms with Gasteiger partial charge in [-0.2, -0.15) is 0 Å². The van der Waals surface area contributed by atoms with E-state index in [1.54, 1.807) is 23.7 Å². The molecule has 0 aromatic carbocycles. The fourth-order valence-corrected chi connectivity index (χ4v) is 2.82. The van der Waals surface area contributed by atoms with Crippen LogP contribution in [0.15, 0.2) is 39.4 Å². The molecular formula is C14H13N3O2S. The highest BCUT2D eigenvalue weighted by atomic mass is 32.1. The molecule has 3 aromatic rings. The van der Waals surface area contributed by atoms with E-state index in [1.807, 2.05) is 19.9 Å². The van der Waals surface area contributed by atoms with Crippen molar-refractivity contribution in [2.24, 2.45) is 0 Å². The van der Waals surface area contributed by atoms with Gasteiger partial charge in [-0.05, 0) is 29.5 Å². The van der Waals surface area contributed by atoms with Gasteiger partial charge >= 0.3 is 5.69 Å². The maximum absolute atomic E-state index is 12.4. The van der Waals surface area contributed by atoms with Crippen LogP contribution in [0.4, 0.5) is 0 Å². The van der Waals surface area contributed by atoms with Gasteiger partial charge in [0.2, 0.25) is 0 Å². The molecule has 0 aliphatic carbocycles. The summed E-state index contributed by atoms with van der Waals surface area (Å²) >= 11 is 1.32. The van der Waals surface area contributed by atoms with Gasteiger partial charge in [-0.15, -0.1) is 11.3 Å². The Hall–Kier alpha value is -2.21. The third-order valence-electron chi connectivity index (χ3n) is 3.13. The number of hydrogen-bond donors (Lipinski definition) is 1. The Morgan fingerprint density at radius 3 is 2.70 bits per heavy atom. The van der Waals surface area contributed by atoms with Crippen molar-refractivity contribution < 1.29 is 0 Å². The summed E-state index contributed by atoms with van der Waals surface area (Å²) in [7, 11) is 0. The summed E-state index contributed by atoms with van der Waals surface area (Å²) in [5.74, 6) is 0.304. The summed E-state index contributed by atoms with van der Waals surface area (Å²) < 4.78 is 1.66. The number of rotatable bonds is 2. The summed E-state index contributed by atoms with van der Waals surface area (Å²) in [6.45, 7) is 4.08. The lowest BCUT2D eigenvalue weighted by Crippen LogP contribution is -2.33. The lowest BCUT2D eigenvalue weighted by Gasteiger charge is -2.07.